The summed E-state index contributed by atoms with van der Waals surface area (Å²) < 4.78 is 23.2. The summed E-state index contributed by atoms with van der Waals surface area (Å²) in [5.41, 5.74) is 3.81. The van der Waals surface area contributed by atoms with E-state index in [0.29, 0.717) is 5.82 Å². The molecule has 0 fully saturated rings. The molecule has 32 heavy (non-hydrogen) atoms. The number of hydrogen-bond donors (Lipinski definition) is 0. The summed E-state index contributed by atoms with van der Waals surface area (Å²) in [7, 11) is 1.66. The molecule has 1 aliphatic rings. The first-order valence-electron chi connectivity index (χ1n) is 10.7. The van der Waals surface area contributed by atoms with Gasteiger partial charge in [-0.05, 0) is 61.2 Å². The Morgan fingerprint density at radius 2 is 2.06 bits per heavy atom. The van der Waals surface area contributed by atoms with Gasteiger partial charge in [-0.25, -0.2) is 19.0 Å². The molecule has 0 bridgehead atoms. The molecule has 0 N–H and O–H groups in total. The van der Waals surface area contributed by atoms with Crippen molar-refractivity contribution in [1.29, 1.82) is 0 Å². The van der Waals surface area contributed by atoms with Crippen LogP contribution in [0.3, 0.4) is 0 Å². The number of halogens is 1. The number of benzene rings is 2. The van der Waals surface area contributed by atoms with Crippen LogP contribution in [0.1, 0.15) is 47.2 Å². The topological polar surface area (TPSA) is 57.8 Å². The van der Waals surface area contributed by atoms with E-state index in [2.05, 4.69) is 10.1 Å². The van der Waals surface area contributed by atoms with Crippen molar-refractivity contribution in [2.45, 2.75) is 32.2 Å². The average molecular weight is 429 g/mol. The monoisotopic (exact) mass is 429 g/mol. The van der Waals surface area contributed by atoms with Crippen molar-refractivity contribution >= 4 is 12.2 Å². The zero-order valence-corrected chi connectivity index (χ0v) is 18.1. The molecule has 0 unspecified atom stereocenters. The molecule has 3 heterocycles. The van der Waals surface area contributed by atoms with Crippen LogP contribution < -0.4 is 4.74 Å². The third-order valence-electron chi connectivity index (χ3n) is 5.76. The van der Waals surface area contributed by atoms with Crippen LogP contribution in [0.15, 0.2) is 55.0 Å². The molecule has 1 atom stereocenters. The molecule has 162 valence electrons. The summed E-state index contributed by atoms with van der Waals surface area (Å²) in [5, 5.41) is 4.66. The molecule has 2 aromatic heterocycles. The highest BCUT2D eigenvalue weighted by Crippen LogP contribution is 2.32. The van der Waals surface area contributed by atoms with Gasteiger partial charge in [-0.1, -0.05) is 24.3 Å². The molecule has 5 rings (SSSR count). The summed E-state index contributed by atoms with van der Waals surface area (Å²) in [6, 6.07) is 12.8. The molecule has 0 spiro atoms. The minimum Gasteiger partial charge on any atom is -0.495 e. The van der Waals surface area contributed by atoms with Crippen LogP contribution in [-0.4, -0.2) is 31.4 Å². The number of aryl methyl sites for hydroxylation is 2. The standard InChI is InChI=1S/C25H24FN5O/c1-17-15-30(16-27-17)22-10-8-18(13-23(22)32-2)9-11-24-28-25-21(7-4-12-31(25)29-24)19-5-3-6-20(26)14-19/h3,5-6,8-11,13-16,21H,4,7,12H2,1-2H3/t21-/m1/s1. The Kier molecular flexibility index (Phi) is 5.31. The molecule has 0 radical (unpaired) electrons. The largest absolute Gasteiger partial charge is 0.495 e. The molecule has 6 nitrogen and oxygen atoms in total. The van der Waals surface area contributed by atoms with Gasteiger partial charge in [0, 0.05) is 18.7 Å². The lowest BCUT2D eigenvalue weighted by Crippen LogP contribution is -2.18. The van der Waals surface area contributed by atoms with Crippen molar-refractivity contribution in [1.82, 2.24) is 24.3 Å². The van der Waals surface area contributed by atoms with Crippen LogP contribution >= 0.6 is 0 Å². The third-order valence-corrected chi connectivity index (χ3v) is 5.76. The minimum atomic E-state index is -0.220. The number of fused-ring (bicyclic) bond motifs is 1. The maximum absolute atomic E-state index is 13.7. The van der Waals surface area contributed by atoms with Crippen LogP contribution in [0.4, 0.5) is 4.39 Å². The SMILES string of the molecule is COc1cc(C=Cc2nc3n(n2)CCC[C@@H]3c2cccc(F)c2)ccc1-n1cnc(C)c1. The smallest absolute Gasteiger partial charge is 0.174 e. The Hall–Kier alpha value is -3.74. The van der Waals surface area contributed by atoms with Gasteiger partial charge in [0.2, 0.25) is 0 Å². The number of methoxy groups -OCH3 is 1. The maximum Gasteiger partial charge on any atom is 0.174 e. The van der Waals surface area contributed by atoms with Gasteiger partial charge in [0.05, 0.1) is 24.8 Å². The first-order chi connectivity index (χ1) is 15.6. The van der Waals surface area contributed by atoms with Crippen LogP contribution in [-0.2, 0) is 6.54 Å². The first kappa shape index (κ1) is 20.2. The van der Waals surface area contributed by atoms with Gasteiger partial charge in [-0.3, -0.25) is 0 Å². The highest BCUT2D eigenvalue weighted by Gasteiger charge is 2.25. The normalized spacial score (nSPS) is 15.8. The fraction of sp³-hybridized carbons (Fsp3) is 0.240. The molecule has 1 aliphatic heterocycles. The van der Waals surface area contributed by atoms with Gasteiger partial charge in [0.1, 0.15) is 17.4 Å². The fourth-order valence-corrected chi connectivity index (χ4v) is 4.21. The summed E-state index contributed by atoms with van der Waals surface area (Å²) in [5.74, 6) is 2.14. The number of imidazole rings is 1. The Bertz CT molecular complexity index is 1290. The molecule has 0 amide bonds. The lowest BCUT2D eigenvalue weighted by Gasteiger charge is -2.22. The zero-order chi connectivity index (χ0) is 22.1. The van der Waals surface area contributed by atoms with Crippen LogP contribution in [0.5, 0.6) is 5.75 Å². The van der Waals surface area contributed by atoms with Crippen LogP contribution in [0.25, 0.3) is 17.8 Å². The number of rotatable bonds is 5. The number of hydrogen-bond acceptors (Lipinski definition) is 4. The lowest BCUT2D eigenvalue weighted by molar-refractivity contribution is 0.413. The maximum atomic E-state index is 13.7. The summed E-state index contributed by atoms with van der Waals surface area (Å²) in [6.45, 7) is 2.78. The van der Waals surface area contributed by atoms with E-state index in [9.17, 15) is 4.39 Å². The van der Waals surface area contributed by atoms with E-state index < -0.39 is 0 Å². The van der Waals surface area contributed by atoms with Crippen molar-refractivity contribution in [3.8, 4) is 11.4 Å². The van der Waals surface area contributed by atoms with E-state index in [4.69, 9.17) is 9.72 Å². The molecule has 2 aromatic carbocycles. The number of nitrogens with zero attached hydrogens (tertiary/aromatic N) is 5. The van der Waals surface area contributed by atoms with Crippen molar-refractivity contribution in [2.75, 3.05) is 7.11 Å². The Balaban J connectivity index is 1.41. The van der Waals surface area contributed by atoms with Crippen molar-refractivity contribution in [3.63, 3.8) is 0 Å². The molecule has 0 saturated carbocycles. The average Bonchev–Trinajstić information content (AvgIpc) is 3.43. The highest BCUT2D eigenvalue weighted by molar-refractivity contribution is 5.69. The predicted octanol–water partition coefficient (Wildman–Crippen LogP) is 5.02. The van der Waals surface area contributed by atoms with E-state index in [-0.39, 0.29) is 11.7 Å². The summed E-state index contributed by atoms with van der Waals surface area (Å²) >= 11 is 0. The van der Waals surface area contributed by atoms with Gasteiger partial charge in [-0.15, -0.1) is 0 Å². The molecule has 4 aromatic rings. The predicted molar refractivity (Wildman–Crippen MR) is 121 cm³/mol. The second-order valence-corrected chi connectivity index (χ2v) is 7.99. The number of ether oxygens (including phenoxy) is 1. The lowest BCUT2D eigenvalue weighted by atomic mass is 9.91. The summed E-state index contributed by atoms with van der Waals surface area (Å²) in [6.07, 6.45) is 9.55. The molecular weight excluding hydrogens is 405 g/mol. The Morgan fingerprint density at radius 3 is 2.84 bits per heavy atom. The minimum absolute atomic E-state index is 0.0621. The highest BCUT2D eigenvalue weighted by atomic mass is 19.1. The van der Waals surface area contributed by atoms with E-state index >= 15 is 0 Å². The van der Waals surface area contributed by atoms with E-state index in [1.165, 1.54) is 6.07 Å². The van der Waals surface area contributed by atoms with Gasteiger partial charge >= 0.3 is 0 Å². The second kappa shape index (κ2) is 8.42. The Labute approximate surface area is 186 Å². The van der Waals surface area contributed by atoms with Gasteiger partial charge in [0.15, 0.2) is 5.82 Å². The Morgan fingerprint density at radius 1 is 1.16 bits per heavy atom. The molecule has 7 heteroatoms. The first-order valence-corrected chi connectivity index (χ1v) is 10.7. The van der Waals surface area contributed by atoms with Gasteiger partial charge in [0.25, 0.3) is 0 Å². The fourth-order valence-electron chi connectivity index (χ4n) is 4.21. The van der Waals surface area contributed by atoms with Crippen molar-refractivity contribution in [3.05, 3.63) is 89.3 Å². The van der Waals surface area contributed by atoms with Crippen molar-refractivity contribution in [2.24, 2.45) is 0 Å². The number of aromatic nitrogens is 5. The second-order valence-electron chi connectivity index (χ2n) is 7.99. The van der Waals surface area contributed by atoms with Crippen LogP contribution in [0, 0.1) is 12.7 Å². The summed E-state index contributed by atoms with van der Waals surface area (Å²) in [4.78, 5) is 9.05. The van der Waals surface area contributed by atoms with E-state index in [0.717, 1.165) is 53.5 Å². The van der Waals surface area contributed by atoms with Crippen molar-refractivity contribution < 1.29 is 9.13 Å². The van der Waals surface area contributed by atoms with E-state index in [1.807, 2.05) is 58.8 Å². The van der Waals surface area contributed by atoms with E-state index in [1.54, 1.807) is 25.6 Å². The quantitative estimate of drug-likeness (QED) is 0.447. The molecular formula is C25H24FN5O. The molecule has 0 saturated heterocycles. The van der Waals surface area contributed by atoms with Gasteiger partial charge in [-0.2, -0.15) is 5.10 Å². The third kappa shape index (κ3) is 3.93. The van der Waals surface area contributed by atoms with Crippen LogP contribution in [0.2, 0.25) is 0 Å². The van der Waals surface area contributed by atoms with Gasteiger partial charge < -0.3 is 9.30 Å². The molecule has 0 aliphatic carbocycles. The zero-order valence-electron chi connectivity index (χ0n) is 18.1.